The minimum Gasteiger partial charge on any atom is -0.520 e. The van der Waals surface area contributed by atoms with Gasteiger partial charge in [-0.15, -0.1) is 0 Å². The molecule has 0 spiro atoms. The number of nitriles is 1. The first-order valence-electron chi connectivity index (χ1n) is 8.19. The molecule has 6 nitrogen and oxygen atoms in total. The number of rotatable bonds is 6. The van der Waals surface area contributed by atoms with Crippen molar-refractivity contribution in [3.8, 4) is 6.07 Å². The first kappa shape index (κ1) is 18.8. The second-order valence-electron chi connectivity index (χ2n) is 5.94. The van der Waals surface area contributed by atoms with Gasteiger partial charge in [-0.05, 0) is 30.2 Å². The lowest BCUT2D eigenvalue weighted by molar-refractivity contribution is 0.431. The summed E-state index contributed by atoms with van der Waals surface area (Å²) >= 11 is 0. The van der Waals surface area contributed by atoms with Crippen molar-refractivity contribution < 1.29 is 17.7 Å². The SMILES string of the molecule is C=C1OB(c2ccc(CCNS(=O)(=O)c3cccc(C#N)c3)cc2)OC1=C. The van der Waals surface area contributed by atoms with Gasteiger partial charge in [0.25, 0.3) is 0 Å². The lowest BCUT2D eigenvalue weighted by Crippen LogP contribution is -2.31. The van der Waals surface area contributed by atoms with Gasteiger partial charge >= 0.3 is 7.12 Å². The van der Waals surface area contributed by atoms with Gasteiger partial charge in [-0.25, -0.2) is 13.1 Å². The van der Waals surface area contributed by atoms with Gasteiger partial charge in [-0.1, -0.05) is 43.5 Å². The number of hydrogen-bond acceptors (Lipinski definition) is 5. The molecule has 2 aromatic rings. The molecule has 0 unspecified atom stereocenters. The van der Waals surface area contributed by atoms with Crippen molar-refractivity contribution in [1.82, 2.24) is 4.72 Å². The highest BCUT2D eigenvalue weighted by Crippen LogP contribution is 2.20. The Morgan fingerprint density at radius 2 is 1.74 bits per heavy atom. The van der Waals surface area contributed by atoms with Crippen molar-refractivity contribution >= 4 is 22.6 Å². The van der Waals surface area contributed by atoms with E-state index in [0.717, 1.165) is 11.0 Å². The molecule has 0 bridgehead atoms. The van der Waals surface area contributed by atoms with Gasteiger partial charge in [0.05, 0.1) is 16.5 Å². The molecule has 0 aliphatic carbocycles. The molecule has 3 rings (SSSR count). The summed E-state index contributed by atoms with van der Waals surface area (Å²) in [6.07, 6.45) is 0.517. The molecule has 0 radical (unpaired) electrons. The maximum Gasteiger partial charge on any atom is 0.632 e. The highest BCUT2D eigenvalue weighted by molar-refractivity contribution is 7.89. The van der Waals surface area contributed by atoms with Gasteiger partial charge in [0.15, 0.2) is 0 Å². The summed E-state index contributed by atoms with van der Waals surface area (Å²) in [6, 6.07) is 15.3. The molecule has 0 amide bonds. The summed E-state index contributed by atoms with van der Waals surface area (Å²) in [5.41, 5.74) is 2.09. The van der Waals surface area contributed by atoms with Crippen molar-refractivity contribution in [2.45, 2.75) is 11.3 Å². The predicted molar refractivity (Wildman–Crippen MR) is 102 cm³/mol. The molecule has 1 heterocycles. The lowest BCUT2D eigenvalue weighted by Gasteiger charge is -2.08. The summed E-state index contributed by atoms with van der Waals surface area (Å²) in [7, 11) is -4.21. The van der Waals surface area contributed by atoms with E-state index >= 15 is 0 Å². The van der Waals surface area contributed by atoms with Crippen LogP contribution in [0.3, 0.4) is 0 Å². The molecule has 1 saturated heterocycles. The Kier molecular flexibility index (Phi) is 5.35. The Labute approximate surface area is 158 Å². The lowest BCUT2D eigenvalue weighted by atomic mass is 9.79. The van der Waals surface area contributed by atoms with E-state index in [0.29, 0.717) is 23.5 Å². The van der Waals surface area contributed by atoms with Gasteiger partial charge in [0.2, 0.25) is 10.0 Å². The van der Waals surface area contributed by atoms with Crippen LogP contribution in [0, 0.1) is 11.3 Å². The molecule has 2 aromatic carbocycles. The van der Waals surface area contributed by atoms with Crippen molar-refractivity contribution in [2.75, 3.05) is 6.54 Å². The zero-order chi connectivity index (χ0) is 19.4. The highest BCUT2D eigenvalue weighted by Gasteiger charge is 2.34. The van der Waals surface area contributed by atoms with E-state index in [1.165, 1.54) is 12.1 Å². The summed E-state index contributed by atoms with van der Waals surface area (Å²) in [5, 5.41) is 8.89. The molecule has 1 N–H and O–H groups in total. The van der Waals surface area contributed by atoms with Gasteiger partial charge < -0.3 is 9.31 Å². The van der Waals surface area contributed by atoms with Crippen LogP contribution in [0.2, 0.25) is 0 Å². The van der Waals surface area contributed by atoms with E-state index in [9.17, 15) is 8.42 Å². The van der Waals surface area contributed by atoms with E-state index in [2.05, 4.69) is 17.9 Å². The summed E-state index contributed by atoms with van der Waals surface area (Å²) in [5.74, 6) is 0.831. The molecular formula is C19H17BN2O4S. The smallest absolute Gasteiger partial charge is 0.520 e. The fourth-order valence-corrected chi connectivity index (χ4v) is 3.61. The van der Waals surface area contributed by atoms with Crippen LogP contribution in [-0.4, -0.2) is 22.1 Å². The van der Waals surface area contributed by atoms with Crippen LogP contribution in [0.1, 0.15) is 11.1 Å². The second-order valence-corrected chi connectivity index (χ2v) is 7.71. The number of benzene rings is 2. The average Bonchev–Trinajstić information content (AvgIpc) is 3.01. The Morgan fingerprint density at radius 1 is 1.07 bits per heavy atom. The summed E-state index contributed by atoms with van der Waals surface area (Å²) < 4.78 is 38.1. The summed E-state index contributed by atoms with van der Waals surface area (Å²) in [4.78, 5) is 0.0767. The normalized spacial score (nSPS) is 13.8. The van der Waals surface area contributed by atoms with Crippen LogP contribution in [0.15, 0.2) is 78.1 Å². The predicted octanol–water partition coefficient (Wildman–Crippen LogP) is 1.85. The maximum absolute atomic E-state index is 12.3. The van der Waals surface area contributed by atoms with Crippen molar-refractivity contribution in [1.29, 1.82) is 5.26 Å². The molecule has 1 aliphatic heterocycles. The third kappa shape index (κ3) is 4.40. The van der Waals surface area contributed by atoms with Crippen molar-refractivity contribution in [3.63, 3.8) is 0 Å². The van der Waals surface area contributed by atoms with E-state index < -0.39 is 17.1 Å². The fourth-order valence-electron chi connectivity index (χ4n) is 2.54. The minimum absolute atomic E-state index is 0.0767. The van der Waals surface area contributed by atoms with Gasteiger partial charge in [-0.3, -0.25) is 0 Å². The van der Waals surface area contributed by atoms with Gasteiger partial charge in [0, 0.05) is 12.0 Å². The second kappa shape index (κ2) is 7.70. The fraction of sp³-hybridized carbons (Fsp3) is 0.105. The van der Waals surface area contributed by atoms with Crippen LogP contribution in [0.5, 0.6) is 0 Å². The van der Waals surface area contributed by atoms with E-state index in [4.69, 9.17) is 14.6 Å². The first-order chi connectivity index (χ1) is 12.9. The zero-order valence-corrected chi connectivity index (χ0v) is 15.3. The molecule has 0 atom stereocenters. The molecule has 0 saturated carbocycles. The van der Waals surface area contributed by atoms with Crippen LogP contribution >= 0.6 is 0 Å². The topological polar surface area (TPSA) is 88.4 Å². The number of nitrogens with zero attached hydrogens (tertiary/aromatic N) is 1. The number of hydrogen-bond donors (Lipinski definition) is 1. The molecule has 0 aromatic heterocycles. The zero-order valence-electron chi connectivity index (χ0n) is 14.5. The molecule has 136 valence electrons. The molecule has 27 heavy (non-hydrogen) atoms. The average molecular weight is 380 g/mol. The monoisotopic (exact) mass is 380 g/mol. The van der Waals surface area contributed by atoms with Crippen LogP contribution in [0.4, 0.5) is 0 Å². The van der Waals surface area contributed by atoms with Crippen LogP contribution in [0.25, 0.3) is 0 Å². The van der Waals surface area contributed by atoms with E-state index in [1.807, 2.05) is 30.3 Å². The van der Waals surface area contributed by atoms with E-state index in [-0.39, 0.29) is 11.4 Å². The van der Waals surface area contributed by atoms with Gasteiger partial charge in [-0.2, -0.15) is 5.26 Å². The van der Waals surface area contributed by atoms with Crippen molar-refractivity contribution in [3.05, 3.63) is 84.3 Å². The quantitative estimate of drug-likeness (QED) is 0.773. The standard InChI is InChI=1S/C19H17BN2O4S/c1-14-15(2)26-20(25-14)18-8-6-16(7-9-18)10-11-22-27(23,24)19-5-3-4-17(12-19)13-21/h3-9,12,22H,1-2,10-11H2. The Balaban J connectivity index is 1.58. The van der Waals surface area contributed by atoms with E-state index in [1.54, 1.807) is 12.1 Å². The van der Waals surface area contributed by atoms with Crippen LogP contribution in [-0.2, 0) is 25.8 Å². The minimum atomic E-state index is -3.66. The molecule has 1 fully saturated rings. The first-order valence-corrected chi connectivity index (χ1v) is 9.67. The maximum atomic E-state index is 12.3. The third-order valence-corrected chi connectivity index (χ3v) is 5.50. The number of nitrogens with one attached hydrogen (secondary N) is 1. The van der Waals surface area contributed by atoms with Crippen molar-refractivity contribution in [2.24, 2.45) is 0 Å². The van der Waals surface area contributed by atoms with Crippen LogP contribution < -0.4 is 10.2 Å². The molecular weight excluding hydrogens is 363 g/mol. The Bertz CT molecular complexity index is 1010. The number of sulfonamides is 1. The Hall–Kier alpha value is -3.02. The third-order valence-electron chi connectivity index (χ3n) is 4.04. The van der Waals surface area contributed by atoms with Gasteiger partial charge in [0.1, 0.15) is 11.5 Å². The largest absolute Gasteiger partial charge is 0.632 e. The molecule has 8 heteroatoms. The molecule has 1 aliphatic rings. The summed E-state index contributed by atoms with van der Waals surface area (Å²) in [6.45, 7) is 7.63. The Morgan fingerprint density at radius 3 is 2.37 bits per heavy atom. The highest BCUT2D eigenvalue weighted by atomic mass is 32.2.